The van der Waals surface area contributed by atoms with E-state index in [9.17, 15) is 19.8 Å². The van der Waals surface area contributed by atoms with Crippen LogP contribution in [0.1, 0.15) is 20.7 Å². The molecular weight excluding hydrogens is 500 g/mol. The van der Waals surface area contributed by atoms with Crippen molar-refractivity contribution in [1.29, 1.82) is 0 Å². The van der Waals surface area contributed by atoms with Crippen molar-refractivity contribution in [3.8, 4) is 23.5 Å². The summed E-state index contributed by atoms with van der Waals surface area (Å²) in [7, 11) is 0. The number of carboxylic acids is 2. The van der Waals surface area contributed by atoms with Crippen LogP contribution in [0.15, 0.2) is 109 Å². The molecule has 0 radical (unpaired) electrons. The van der Waals surface area contributed by atoms with Gasteiger partial charge in [-0.15, -0.1) is 4.98 Å². The SMILES string of the molecule is O=C(O)c1ccc(Oc2nc(Oc3ccc(C(=O)O)cc3)nc(N(c3ccccc3)c3ccccc3)n2)cc1. The van der Waals surface area contributed by atoms with Gasteiger partial charge >= 0.3 is 24.0 Å². The van der Waals surface area contributed by atoms with Crippen LogP contribution in [0.3, 0.4) is 0 Å². The minimum Gasteiger partial charge on any atom is -0.478 e. The van der Waals surface area contributed by atoms with Gasteiger partial charge in [-0.3, -0.25) is 4.90 Å². The molecule has 0 saturated carbocycles. The van der Waals surface area contributed by atoms with E-state index in [0.717, 1.165) is 11.4 Å². The van der Waals surface area contributed by atoms with Crippen molar-refractivity contribution in [1.82, 2.24) is 15.0 Å². The molecule has 1 aromatic heterocycles. The maximum atomic E-state index is 11.2. The van der Waals surface area contributed by atoms with Crippen LogP contribution in [0.25, 0.3) is 0 Å². The van der Waals surface area contributed by atoms with E-state index >= 15 is 0 Å². The first kappa shape index (κ1) is 24.9. The molecule has 10 nitrogen and oxygen atoms in total. The van der Waals surface area contributed by atoms with Gasteiger partial charge in [0.15, 0.2) is 0 Å². The van der Waals surface area contributed by atoms with E-state index in [0.29, 0.717) is 11.5 Å². The number of para-hydroxylation sites is 2. The number of hydrogen-bond acceptors (Lipinski definition) is 8. The summed E-state index contributed by atoms with van der Waals surface area (Å²) in [5.41, 5.74) is 1.74. The molecule has 0 bridgehead atoms. The quantitative estimate of drug-likeness (QED) is 0.227. The van der Waals surface area contributed by atoms with Gasteiger partial charge in [0.1, 0.15) is 11.5 Å². The Morgan fingerprint density at radius 1 is 0.538 bits per heavy atom. The van der Waals surface area contributed by atoms with E-state index in [1.54, 1.807) is 4.90 Å². The van der Waals surface area contributed by atoms with E-state index in [1.165, 1.54) is 48.5 Å². The number of benzene rings is 4. The van der Waals surface area contributed by atoms with Gasteiger partial charge in [0, 0.05) is 11.4 Å². The van der Waals surface area contributed by atoms with Gasteiger partial charge in [0.25, 0.3) is 0 Å². The maximum absolute atomic E-state index is 11.2. The van der Waals surface area contributed by atoms with E-state index in [-0.39, 0.29) is 29.1 Å². The molecule has 0 aliphatic carbocycles. The second-order valence-corrected chi connectivity index (χ2v) is 8.07. The zero-order valence-electron chi connectivity index (χ0n) is 20.2. The number of nitrogens with zero attached hydrogens (tertiary/aromatic N) is 4. The monoisotopic (exact) mass is 520 g/mol. The fraction of sp³-hybridized carbons (Fsp3) is 0. The van der Waals surface area contributed by atoms with E-state index < -0.39 is 11.9 Å². The lowest BCUT2D eigenvalue weighted by atomic mass is 10.2. The summed E-state index contributed by atoms with van der Waals surface area (Å²) in [5.74, 6) is -1.32. The molecule has 0 amide bonds. The number of rotatable bonds is 9. The number of aromatic carboxylic acids is 2. The average molecular weight is 521 g/mol. The molecular formula is C29H20N4O6. The van der Waals surface area contributed by atoms with Gasteiger partial charge in [0.2, 0.25) is 5.95 Å². The highest BCUT2D eigenvalue weighted by Crippen LogP contribution is 2.34. The van der Waals surface area contributed by atoms with E-state index in [2.05, 4.69) is 15.0 Å². The molecule has 0 unspecified atom stereocenters. The first-order valence-corrected chi connectivity index (χ1v) is 11.6. The fourth-order valence-electron chi connectivity index (χ4n) is 3.60. The molecule has 0 aliphatic rings. The van der Waals surface area contributed by atoms with E-state index in [1.807, 2.05) is 60.7 Å². The topological polar surface area (TPSA) is 135 Å². The summed E-state index contributed by atoms with van der Waals surface area (Å²) >= 11 is 0. The molecule has 0 spiro atoms. The van der Waals surface area contributed by atoms with Gasteiger partial charge in [-0.25, -0.2) is 9.59 Å². The highest BCUT2D eigenvalue weighted by Gasteiger charge is 2.20. The Labute approximate surface area is 222 Å². The summed E-state index contributed by atoms with van der Waals surface area (Å²) < 4.78 is 11.7. The maximum Gasteiger partial charge on any atom is 0.335 e. The van der Waals surface area contributed by atoms with Crippen LogP contribution in [0.4, 0.5) is 17.3 Å². The molecule has 5 rings (SSSR count). The molecule has 0 fully saturated rings. The molecule has 4 aromatic carbocycles. The Balaban J connectivity index is 1.57. The normalized spacial score (nSPS) is 10.5. The molecule has 1 heterocycles. The summed E-state index contributed by atoms with van der Waals surface area (Å²) in [6.45, 7) is 0. The van der Waals surface area contributed by atoms with Crippen LogP contribution >= 0.6 is 0 Å². The molecule has 5 aromatic rings. The molecule has 39 heavy (non-hydrogen) atoms. The zero-order valence-corrected chi connectivity index (χ0v) is 20.2. The first-order valence-electron chi connectivity index (χ1n) is 11.6. The first-order chi connectivity index (χ1) is 19.0. The van der Waals surface area contributed by atoms with Gasteiger partial charge in [-0.05, 0) is 72.8 Å². The van der Waals surface area contributed by atoms with Crippen molar-refractivity contribution in [3.05, 3.63) is 120 Å². The molecule has 0 aliphatic heterocycles. The van der Waals surface area contributed by atoms with E-state index in [4.69, 9.17) is 9.47 Å². The Hall–Kier alpha value is -5.77. The number of ether oxygens (including phenoxy) is 2. The van der Waals surface area contributed by atoms with Gasteiger partial charge < -0.3 is 19.7 Å². The lowest BCUT2D eigenvalue weighted by molar-refractivity contribution is 0.0686. The minimum atomic E-state index is -1.06. The largest absolute Gasteiger partial charge is 0.478 e. The van der Waals surface area contributed by atoms with Crippen molar-refractivity contribution in [2.45, 2.75) is 0 Å². The summed E-state index contributed by atoms with van der Waals surface area (Å²) in [6.07, 6.45) is 0. The Kier molecular flexibility index (Phi) is 7.08. The number of anilines is 3. The Morgan fingerprint density at radius 2 is 0.923 bits per heavy atom. The van der Waals surface area contributed by atoms with Crippen LogP contribution in [0.5, 0.6) is 23.5 Å². The van der Waals surface area contributed by atoms with Gasteiger partial charge in [-0.2, -0.15) is 9.97 Å². The van der Waals surface area contributed by atoms with Crippen molar-refractivity contribution in [2.24, 2.45) is 0 Å². The third kappa shape index (κ3) is 5.97. The minimum absolute atomic E-state index is 0.0999. The van der Waals surface area contributed by atoms with Gasteiger partial charge in [-0.1, -0.05) is 36.4 Å². The van der Waals surface area contributed by atoms with Crippen LogP contribution in [-0.4, -0.2) is 37.1 Å². The zero-order chi connectivity index (χ0) is 27.2. The average Bonchev–Trinajstić information content (AvgIpc) is 2.95. The summed E-state index contributed by atoms with van der Waals surface area (Å²) in [6, 6.07) is 30.3. The number of aromatic nitrogens is 3. The molecule has 0 atom stereocenters. The van der Waals surface area contributed by atoms with Crippen molar-refractivity contribution < 1.29 is 29.3 Å². The van der Waals surface area contributed by atoms with Crippen molar-refractivity contribution in [3.63, 3.8) is 0 Å². The predicted octanol–water partition coefficient (Wildman–Crippen LogP) is 6.32. The standard InChI is InChI=1S/C29H20N4O6/c34-25(35)19-11-15-23(16-12-19)38-28-30-27(31-29(32-28)39-24-17-13-20(14-18-24)26(36)37)33(21-7-3-1-4-8-21)22-9-5-2-6-10-22/h1-18H,(H,34,35)(H,36,37). The van der Waals surface area contributed by atoms with Crippen LogP contribution in [0.2, 0.25) is 0 Å². The van der Waals surface area contributed by atoms with Crippen LogP contribution in [-0.2, 0) is 0 Å². The third-order valence-corrected chi connectivity index (χ3v) is 5.43. The van der Waals surface area contributed by atoms with Crippen molar-refractivity contribution in [2.75, 3.05) is 4.90 Å². The highest BCUT2D eigenvalue weighted by molar-refractivity contribution is 5.88. The fourth-order valence-corrected chi connectivity index (χ4v) is 3.60. The molecule has 10 heteroatoms. The van der Waals surface area contributed by atoms with Crippen LogP contribution < -0.4 is 14.4 Å². The van der Waals surface area contributed by atoms with Crippen LogP contribution in [0, 0.1) is 0 Å². The van der Waals surface area contributed by atoms with Crippen molar-refractivity contribution >= 4 is 29.3 Å². The van der Waals surface area contributed by atoms with Gasteiger partial charge in [0.05, 0.1) is 11.1 Å². The summed E-state index contributed by atoms with van der Waals surface area (Å²) in [5, 5.41) is 18.4. The summed E-state index contributed by atoms with van der Waals surface area (Å²) in [4.78, 5) is 37.5. The second-order valence-electron chi connectivity index (χ2n) is 8.07. The number of carboxylic acid groups (broad SMARTS) is 2. The second kappa shape index (κ2) is 11.1. The lowest BCUT2D eigenvalue weighted by Crippen LogP contribution is -2.14. The third-order valence-electron chi connectivity index (χ3n) is 5.43. The Morgan fingerprint density at radius 3 is 1.28 bits per heavy atom. The lowest BCUT2D eigenvalue weighted by Gasteiger charge is -2.23. The Bertz CT molecular complexity index is 1480. The number of hydrogen-bond donors (Lipinski definition) is 2. The number of carbonyl (C=O) groups is 2. The molecule has 192 valence electrons. The molecule has 0 saturated heterocycles. The highest BCUT2D eigenvalue weighted by atomic mass is 16.5. The molecule has 2 N–H and O–H groups in total. The predicted molar refractivity (Wildman–Crippen MR) is 141 cm³/mol. The smallest absolute Gasteiger partial charge is 0.335 e.